The van der Waals surface area contributed by atoms with Gasteiger partial charge in [0.1, 0.15) is 0 Å². The van der Waals surface area contributed by atoms with Crippen molar-refractivity contribution >= 4 is 33.4 Å². The molecule has 156 valence electrons. The minimum absolute atomic E-state index is 0.185. The molecule has 1 N–H and O–H groups in total. The lowest BCUT2D eigenvalue weighted by Gasteiger charge is -2.20. The Bertz CT molecular complexity index is 1080. The molecule has 1 amide bonds. The Kier molecular flexibility index (Phi) is 7.18. The second-order valence-corrected chi connectivity index (χ2v) is 9.54. The normalized spacial score (nSPS) is 11.1. The van der Waals surface area contributed by atoms with Gasteiger partial charge in [0.2, 0.25) is 0 Å². The molecule has 30 heavy (non-hydrogen) atoms. The molecule has 0 unspecified atom stereocenters. The van der Waals surface area contributed by atoms with E-state index in [1.54, 1.807) is 60.3 Å². The summed E-state index contributed by atoms with van der Waals surface area (Å²) >= 11 is 1.56. The maximum atomic E-state index is 12.9. The van der Waals surface area contributed by atoms with Crippen LogP contribution in [0.1, 0.15) is 15.9 Å². The van der Waals surface area contributed by atoms with Crippen LogP contribution in [0.2, 0.25) is 0 Å². The monoisotopic (exact) mass is 440 g/mol. The van der Waals surface area contributed by atoms with Crippen molar-refractivity contribution in [3.63, 3.8) is 0 Å². The topological polar surface area (TPSA) is 66.5 Å². The van der Waals surface area contributed by atoms with E-state index in [4.69, 9.17) is 0 Å². The number of nitrogens with one attached hydrogen (secondary N) is 1. The van der Waals surface area contributed by atoms with E-state index in [0.29, 0.717) is 17.8 Å². The second-order valence-electron chi connectivity index (χ2n) is 6.69. The van der Waals surface area contributed by atoms with Crippen LogP contribution in [0.4, 0.5) is 5.69 Å². The molecular weight excluding hydrogens is 416 g/mol. The zero-order chi connectivity index (χ0) is 21.6. The second kappa shape index (κ2) is 9.82. The summed E-state index contributed by atoms with van der Waals surface area (Å²) in [4.78, 5) is 13.6. The zero-order valence-corrected chi connectivity index (χ0v) is 18.5. The highest BCUT2D eigenvalue weighted by molar-refractivity contribution is 7.98. The largest absolute Gasteiger partial charge is 0.352 e. The zero-order valence-electron chi connectivity index (χ0n) is 16.9. The molecule has 5 nitrogen and oxygen atoms in total. The van der Waals surface area contributed by atoms with E-state index in [1.807, 2.05) is 36.6 Å². The van der Waals surface area contributed by atoms with E-state index >= 15 is 0 Å². The fourth-order valence-electron chi connectivity index (χ4n) is 2.93. The fraction of sp³-hybridized carbons (Fsp3) is 0.174. The Hall–Kier alpha value is -2.77. The predicted molar refractivity (Wildman–Crippen MR) is 123 cm³/mol. The molecule has 0 radical (unpaired) electrons. The summed E-state index contributed by atoms with van der Waals surface area (Å²) in [6, 6.07) is 23.3. The van der Waals surface area contributed by atoms with Gasteiger partial charge in [-0.05, 0) is 66.8 Å². The Morgan fingerprint density at radius 2 is 1.57 bits per heavy atom. The summed E-state index contributed by atoms with van der Waals surface area (Å²) < 4.78 is 27.0. The molecule has 0 aliphatic carbocycles. The molecule has 0 bridgehead atoms. The van der Waals surface area contributed by atoms with Gasteiger partial charge in [0, 0.05) is 24.1 Å². The number of sulfonamides is 1. The maximum absolute atomic E-state index is 12.9. The van der Waals surface area contributed by atoms with Crippen molar-refractivity contribution in [2.24, 2.45) is 0 Å². The lowest BCUT2D eigenvalue weighted by Crippen LogP contribution is -2.27. The summed E-state index contributed by atoms with van der Waals surface area (Å²) in [6.07, 6.45) is 2.69. The van der Waals surface area contributed by atoms with Crippen molar-refractivity contribution in [3.05, 3.63) is 90.0 Å². The highest BCUT2D eigenvalue weighted by atomic mass is 32.2. The highest BCUT2D eigenvalue weighted by Crippen LogP contribution is 2.24. The van der Waals surface area contributed by atoms with Gasteiger partial charge in [-0.2, -0.15) is 0 Å². The summed E-state index contributed by atoms with van der Waals surface area (Å²) in [5.41, 5.74) is 2.14. The molecule has 0 saturated heterocycles. The number of rotatable bonds is 8. The summed E-state index contributed by atoms with van der Waals surface area (Å²) in [6.45, 7) is 0.533. The number of amides is 1. The summed E-state index contributed by atoms with van der Waals surface area (Å²) in [5, 5.41) is 2.89. The van der Waals surface area contributed by atoms with Crippen molar-refractivity contribution in [2.75, 3.05) is 24.2 Å². The first kappa shape index (κ1) is 21.9. The average molecular weight is 441 g/mol. The van der Waals surface area contributed by atoms with Gasteiger partial charge in [0.15, 0.2) is 0 Å². The minimum atomic E-state index is -3.67. The van der Waals surface area contributed by atoms with Crippen molar-refractivity contribution in [3.8, 4) is 0 Å². The van der Waals surface area contributed by atoms with E-state index in [2.05, 4.69) is 5.32 Å². The SMILES string of the molecule is CSc1ccc(S(=O)(=O)N(C)c2ccc(C(=O)NCCc3ccccc3)cc2)cc1. The van der Waals surface area contributed by atoms with E-state index in [1.165, 1.54) is 11.4 Å². The first-order chi connectivity index (χ1) is 14.4. The van der Waals surface area contributed by atoms with Crippen LogP contribution in [0.5, 0.6) is 0 Å². The highest BCUT2D eigenvalue weighted by Gasteiger charge is 2.21. The van der Waals surface area contributed by atoms with Crippen LogP contribution in [0, 0.1) is 0 Å². The van der Waals surface area contributed by atoms with Crippen LogP contribution in [0.3, 0.4) is 0 Å². The van der Waals surface area contributed by atoms with E-state index in [0.717, 1.165) is 16.9 Å². The molecular formula is C23H24N2O3S2. The molecule has 0 aliphatic rings. The molecule has 7 heteroatoms. The molecule has 0 saturated carbocycles. The number of nitrogens with zero attached hydrogens (tertiary/aromatic N) is 1. The molecule has 0 aliphatic heterocycles. The number of hydrogen-bond acceptors (Lipinski definition) is 4. The quantitative estimate of drug-likeness (QED) is 0.533. The van der Waals surface area contributed by atoms with E-state index in [9.17, 15) is 13.2 Å². The fourth-order valence-corrected chi connectivity index (χ4v) is 4.54. The predicted octanol–water partition coefficient (Wildman–Crippen LogP) is 4.21. The van der Waals surface area contributed by atoms with Gasteiger partial charge >= 0.3 is 0 Å². The van der Waals surface area contributed by atoms with Gasteiger partial charge in [-0.25, -0.2) is 8.42 Å². The van der Waals surface area contributed by atoms with Crippen molar-refractivity contribution in [2.45, 2.75) is 16.2 Å². The van der Waals surface area contributed by atoms with Crippen LogP contribution in [-0.2, 0) is 16.4 Å². The van der Waals surface area contributed by atoms with Gasteiger partial charge in [-0.15, -0.1) is 11.8 Å². The third-order valence-electron chi connectivity index (χ3n) is 4.75. The van der Waals surface area contributed by atoms with Gasteiger partial charge in [0.25, 0.3) is 15.9 Å². The Balaban J connectivity index is 1.64. The van der Waals surface area contributed by atoms with Crippen molar-refractivity contribution in [1.29, 1.82) is 0 Å². The number of hydrogen-bond donors (Lipinski definition) is 1. The first-order valence-electron chi connectivity index (χ1n) is 9.47. The summed E-state index contributed by atoms with van der Waals surface area (Å²) in [5.74, 6) is -0.185. The smallest absolute Gasteiger partial charge is 0.264 e. The Morgan fingerprint density at radius 1 is 0.933 bits per heavy atom. The standard InChI is InChI=1S/C23H24N2O3S2/c1-25(30(27,28)22-14-12-21(29-2)13-15-22)20-10-8-19(9-11-20)23(26)24-17-16-18-6-4-3-5-7-18/h3-15H,16-17H2,1-2H3,(H,24,26). The molecule has 0 aromatic heterocycles. The van der Waals surface area contributed by atoms with E-state index in [-0.39, 0.29) is 10.8 Å². The van der Waals surface area contributed by atoms with Crippen LogP contribution in [0.25, 0.3) is 0 Å². The number of anilines is 1. The maximum Gasteiger partial charge on any atom is 0.264 e. The number of carbonyl (C=O) groups is 1. The molecule has 3 aromatic carbocycles. The molecule has 3 aromatic rings. The van der Waals surface area contributed by atoms with Crippen LogP contribution < -0.4 is 9.62 Å². The number of carbonyl (C=O) groups excluding carboxylic acids is 1. The molecule has 0 heterocycles. The lowest BCUT2D eigenvalue weighted by atomic mass is 10.1. The Morgan fingerprint density at radius 3 is 2.17 bits per heavy atom. The van der Waals surface area contributed by atoms with Gasteiger partial charge in [-0.1, -0.05) is 30.3 Å². The summed E-state index contributed by atoms with van der Waals surface area (Å²) in [7, 11) is -2.16. The molecule has 0 fully saturated rings. The van der Waals surface area contributed by atoms with Crippen LogP contribution in [0.15, 0.2) is 88.7 Å². The van der Waals surface area contributed by atoms with Crippen LogP contribution in [-0.4, -0.2) is 34.2 Å². The number of thioether (sulfide) groups is 1. The van der Waals surface area contributed by atoms with Crippen molar-refractivity contribution in [1.82, 2.24) is 5.32 Å². The molecule has 0 atom stereocenters. The van der Waals surface area contributed by atoms with Gasteiger partial charge < -0.3 is 5.32 Å². The lowest BCUT2D eigenvalue weighted by molar-refractivity contribution is 0.0954. The molecule has 0 spiro atoms. The number of benzene rings is 3. The average Bonchev–Trinajstić information content (AvgIpc) is 2.79. The third kappa shape index (κ3) is 5.23. The van der Waals surface area contributed by atoms with Gasteiger partial charge in [0.05, 0.1) is 10.6 Å². The minimum Gasteiger partial charge on any atom is -0.352 e. The Labute approximate surface area is 182 Å². The first-order valence-corrected chi connectivity index (χ1v) is 12.1. The molecule has 3 rings (SSSR count). The van der Waals surface area contributed by atoms with Crippen LogP contribution >= 0.6 is 11.8 Å². The van der Waals surface area contributed by atoms with E-state index < -0.39 is 10.0 Å². The van der Waals surface area contributed by atoms with Gasteiger partial charge in [-0.3, -0.25) is 9.10 Å². The van der Waals surface area contributed by atoms with Crippen molar-refractivity contribution < 1.29 is 13.2 Å². The third-order valence-corrected chi connectivity index (χ3v) is 7.30.